The first kappa shape index (κ1) is 13.2. The molecule has 1 amide bonds. The Morgan fingerprint density at radius 1 is 1.10 bits per heavy atom. The number of nitrogens with zero attached hydrogens (tertiary/aromatic N) is 1. The predicted octanol–water partition coefficient (Wildman–Crippen LogP) is 2.85. The Labute approximate surface area is 121 Å². The Hall–Kier alpha value is -2.79. The Morgan fingerprint density at radius 3 is 2.67 bits per heavy atom. The van der Waals surface area contributed by atoms with Crippen LogP contribution in [-0.4, -0.2) is 17.9 Å². The first-order valence-corrected chi connectivity index (χ1v) is 6.40. The van der Waals surface area contributed by atoms with Gasteiger partial charge in [-0.1, -0.05) is 24.3 Å². The number of anilines is 1. The van der Waals surface area contributed by atoms with E-state index in [1.807, 2.05) is 12.1 Å². The van der Waals surface area contributed by atoms with Crippen LogP contribution in [0.15, 0.2) is 54.6 Å². The van der Waals surface area contributed by atoms with Gasteiger partial charge < -0.3 is 9.47 Å². The lowest BCUT2D eigenvalue weighted by molar-refractivity contribution is -0.118. The quantitative estimate of drug-likeness (QED) is 0.534. The molecule has 2 aromatic carbocycles. The van der Waals surface area contributed by atoms with E-state index < -0.39 is 5.91 Å². The van der Waals surface area contributed by atoms with E-state index in [1.54, 1.807) is 42.5 Å². The molecule has 0 atom stereocenters. The standard InChI is InChI=1S/C16H13NO4/c18-16(17(19)13-4-2-1-3-5-13)9-7-12-6-8-14-15(10-12)21-11-20-14/h1-10,19H,11H2. The van der Waals surface area contributed by atoms with E-state index in [0.717, 1.165) is 5.56 Å². The minimum atomic E-state index is -0.529. The first-order chi connectivity index (χ1) is 10.2. The van der Waals surface area contributed by atoms with Gasteiger partial charge in [0.05, 0.1) is 5.69 Å². The van der Waals surface area contributed by atoms with Crippen LogP contribution in [0.4, 0.5) is 5.69 Å². The summed E-state index contributed by atoms with van der Waals surface area (Å²) in [7, 11) is 0. The molecule has 0 saturated carbocycles. The largest absolute Gasteiger partial charge is 0.454 e. The molecular formula is C16H13NO4. The van der Waals surface area contributed by atoms with Crippen LogP contribution in [0.5, 0.6) is 11.5 Å². The van der Waals surface area contributed by atoms with Crippen molar-refractivity contribution in [1.82, 2.24) is 0 Å². The monoisotopic (exact) mass is 283 g/mol. The number of ether oxygens (including phenoxy) is 2. The van der Waals surface area contributed by atoms with Gasteiger partial charge in [0.15, 0.2) is 11.5 Å². The summed E-state index contributed by atoms with van der Waals surface area (Å²) in [5, 5.41) is 10.4. The van der Waals surface area contributed by atoms with Gasteiger partial charge in [-0.05, 0) is 35.9 Å². The highest BCUT2D eigenvalue weighted by Gasteiger charge is 2.13. The lowest BCUT2D eigenvalue weighted by atomic mass is 10.2. The lowest BCUT2D eigenvalue weighted by Crippen LogP contribution is -2.24. The molecule has 5 heteroatoms. The van der Waals surface area contributed by atoms with E-state index in [4.69, 9.17) is 9.47 Å². The van der Waals surface area contributed by atoms with Crippen molar-refractivity contribution in [2.75, 3.05) is 11.9 Å². The number of carbonyl (C=O) groups is 1. The van der Waals surface area contributed by atoms with Crippen molar-refractivity contribution < 1.29 is 19.5 Å². The fraction of sp³-hybridized carbons (Fsp3) is 0.0625. The minimum Gasteiger partial charge on any atom is -0.454 e. The topological polar surface area (TPSA) is 59.0 Å². The van der Waals surface area contributed by atoms with Crippen LogP contribution in [0, 0.1) is 0 Å². The van der Waals surface area contributed by atoms with E-state index in [2.05, 4.69) is 0 Å². The molecule has 0 fully saturated rings. The zero-order chi connectivity index (χ0) is 14.7. The van der Waals surface area contributed by atoms with E-state index in [-0.39, 0.29) is 6.79 Å². The summed E-state index contributed by atoms with van der Waals surface area (Å²) in [6.07, 6.45) is 2.90. The summed E-state index contributed by atoms with van der Waals surface area (Å²) in [5.41, 5.74) is 1.20. The molecule has 1 heterocycles. The maximum atomic E-state index is 11.9. The van der Waals surface area contributed by atoms with E-state index in [1.165, 1.54) is 6.08 Å². The molecule has 2 aromatic rings. The summed E-state index contributed by atoms with van der Waals surface area (Å²) in [6.45, 7) is 0.208. The van der Waals surface area contributed by atoms with Gasteiger partial charge in [0.2, 0.25) is 6.79 Å². The highest BCUT2D eigenvalue weighted by Crippen LogP contribution is 2.32. The summed E-state index contributed by atoms with van der Waals surface area (Å²) >= 11 is 0. The first-order valence-electron chi connectivity index (χ1n) is 6.40. The van der Waals surface area contributed by atoms with Gasteiger partial charge in [0.1, 0.15) is 0 Å². The van der Waals surface area contributed by atoms with Gasteiger partial charge in [0, 0.05) is 6.08 Å². The van der Waals surface area contributed by atoms with Crippen molar-refractivity contribution in [2.45, 2.75) is 0 Å². The van der Waals surface area contributed by atoms with Crippen LogP contribution in [0.25, 0.3) is 6.08 Å². The van der Waals surface area contributed by atoms with Gasteiger partial charge in [-0.2, -0.15) is 5.06 Å². The Bertz CT molecular complexity index is 682. The van der Waals surface area contributed by atoms with Crippen molar-refractivity contribution in [3.63, 3.8) is 0 Å². The average molecular weight is 283 g/mol. The average Bonchev–Trinajstić information content (AvgIpc) is 3.00. The third-order valence-corrected chi connectivity index (χ3v) is 3.02. The van der Waals surface area contributed by atoms with Crippen LogP contribution in [0.3, 0.4) is 0 Å². The van der Waals surface area contributed by atoms with Gasteiger partial charge in [-0.3, -0.25) is 10.0 Å². The van der Waals surface area contributed by atoms with Crippen LogP contribution in [-0.2, 0) is 4.79 Å². The highest BCUT2D eigenvalue weighted by molar-refractivity contribution is 6.02. The molecule has 0 aromatic heterocycles. The van der Waals surface area contributed by atoms with Crippen LogP contribution in [0.1, 0.15) is 5.56 Å². The van der Waals surface area contributed by atoms with Crippen molar-refractivity contribution in [3.8, 4) is 11.5 Å². The maximum Gasteiger partial charge on any atom is 0.274 e. The summed E-state index contributed by atoms with van der Waals surface area (Å²) in [4.78, 5) is 11.9. The molecule has 1 aliphatic heterocycles. The summed E-state index contributed by atoms with van der Waals surface area (Å²) in [6, 6.07) is 13.9. The van der Waals surface area contributed by atoms with E-state index in [9.17, 15) is 10.0 Å². The van der Waals surface area contributed by atoms with E-state index >= 15 is 0 Å². The molecule has 0 unspecified atom stereocenters. The number of amides is 1. The number of hydrogen-bond donors (Lipinski definition) is 1. The van der Waals surface area contributed by atoms with Gasteiger partial charge >= 0.3 is 0 Å². The predicted molar refractivity (Wildman–Crippen MR) is 77.3 cm³/mol. The highest BCUT2D eigenvalue weighted by atomic mass is 16.7. The minimum absolute atomic E-state index is 0.208. The second-order valence-corrected chi connectivity index (χ2v) is 4.43. The molecule has 3 rings (SSSR count). The molecule has 0 radical (unpaired) electrons. The summed E-state index contributed by atoms with van der Waals surface area (Å²) < 4.78 is 10.5. The zero-order valence-corrected chi connectivity index (χ0v) is 11.1. The van der Waals surface area contributed by atoms with Crippen LogP contribution in [0.2, 0.25) is 0 Å². The molecular weight excluding hydrogens is 270 g/mol. The molecule has 106 valence electrons. The van der Waals surface area contributed by atoms with Gasteiger partial charge in [-0.25, -0.2) is 0 Å². The zero-order valence-electron chi connectivity index (χ0n) is 11.1. The smallest absolute Gasteiger partial charge is 0.274 e. The molecule has 0 saturated heterocycles. The number of para-hydroxylation sites is 1. The van der Waals surface area contributed by atoms with E-state index in [0.29, 0.717) is 22.2 Å². The molecule has 1 aliphatic rings. The lowest BCUT2D eigenvalue weighted by Gasteiger charge is -2.12. The normalized spacial score (nSPS) is 12.6. The van der Waals surface area contributed by atoms with Crippen molar-refractivity contribution in [2.24, 2.45) is 0 Å². The molecule has 21 heavy (non-hydrogen) atoms. The number of rotatable bonds is 3. The summed E-state index contributed by atoms with van der Waals surface area (Å²) in [5.74, 6) is 0.805. The maximum absolute atomic E-state index is 11.9. The molecule has 1 N–H and O–H groups in total. The Balaban J connectivity index is 1.72. The number of benzene rings is 2. The molecule has 0 bridgehead atoms. The van der Waals surface area contributed by atoms with Gasteiger partial charge in [0.25, 0.3) is 5.91 Å². The second kappa shape index (κ2) is 5.68. The fourth-order valence-corrected chi connectivity index (χ4v) is 1.95. The number of hydrogen-bond acceptors (Lipinski definition) is 4. The van der Waals surface area contributed by atoms with Gasteiger partial charge in [-0.15, -0.1) is 0 Å². The van der Waals surface area contributed by atoms with Crippen molar-refractivity contribution in [1.29, 1.82) is 0 Å². The SMILES string of the molecule is O=C(C=Cc1ccc2c(c1)OCO2)N(O)c1ccccc1. The van der Waals surface area contributed by atoms with Crippen LogP contribution >= 0.6 is 0 Å². The molecule has 5 nitrogen and oxygen atoms in total. The van der Waals surface area contributed by atoms with Crippen molar-refractivity contribution >= 4 is 17.7 Å². The molecule has 0 spiro atoms. The second-order valence-electron chi connectivity index (χ2n) is 4.43. The number of hydroxylamine groups is 1. The fourth-order valence-electron chi connectivity index (χ4n) is 1.95. The molecule has 0 aliphatic carbocycles. The number of carbonyl (C=O) groups excluding carboxylic acids is 1. The Morgan fingerprint density at radius 2 is 1.86 bits per heavy atom. The van der Waals surface area contributed by atoms with Crippen molar-refractivity contribution in [3.05, 3.63) is 60.2 Å². The van der Waals surface area contributed by atoms with Crippen LogP contribution < -0.4 is 14.5 Å². The Kier molecular flexibility index (Phi) is 3.57. The number of fused-ring (bicyclic) bond motifs is 1. The third-order valence-electron chi connectivity index (χ3n) is 3.02. The third kappa shape index (κ3) is 2.88.